The highest BCUT2D eigenvalue weighted by Gasteiger charge is 2.25. The fourth-order valence-corrected chi connectivity index (χ4v) is 3.00. The zero-order chi connectivity index (χ0) is 16.9. The number of rotatable bonds is 5. The third-order valence-corrected chi connectivity index (χ3v) is 4.30. The standard InChI is InChI=1S/C19H22N2O3/c1-23-16-8-9-17(18(12-16)24-2)19(22)20-14-10-11-21(13-14)15-6-4-3-5-7-15/h3-9,12,14H,10-11,13H2,1-2H3,(H,20,22). The second-order valence-corrected chi connectivity index (χ2v) is 5.81. The minimum atomic E-state index is -0.116. The highest BCUT2D eigenvalue weighted by atomic mass is 16.5. The Morgan fingerprint density at radius 3 is 2.62 bits per heavy atom. The summed E-state index contributed by atoms with van der Waals surface area (Å²) < 4.78 is 10.5. The summed E-state index contributed by atoms with van der Waals surface area (Å²) in [5.74, 6) is 1.07. The molecular formula is C19H22N2O3. The Morgan fingerprint density at radius 2 is 1.92 bits per heavy atom. The van der Waals surface area contributed by atoms with E-state index < -0.39 is 0 Å². The molecule has 2 aromatic rings. The average Bonchev–Trinajstić information content (AvgIpc) is 3.10. The van der Waals surface area contributed by atoms with E-state index in [0.717, 1.165) is 19.5 Å². The number of carbonyl (C=O) groups excluding carboxylic acids is 1. The van der Waals surface area contributed by atoms with Crippen molar-refractivity contribution < 1.29 is 14.3 Å². The first-order chi connectivity index (χ1) is 11.7. The zero-order valence-corrected chi connectivity index (χ0v) is 14.0. The van der Waals surface area contributed by atoms with E-state index in [0.29, 0.717) is 17.1 Å². The fraction of sp³-hybridized carbons (Fsp3) is 0.316. The first kappa shape index (κ1) is 16.2. The predicted octanol–water partition coefficient (Wildman–Crippen LogP) is 2.71. The number of nitrogens with zero attached hydrogens (tertiary/aromatic N) is 1. The van der Waals surface area contributed by atoms with Crippen molar-refractivity contribution >= 4 is 11.6 Å². The van der Waals surface area contributed by atoms with Gasteiger partial charge in [-0.1, -0.05) is 18.2 Å². The molecule has 0 spiro atoms. The van der Waals surface area contributed by atoms with Gasteiger partial charge in [0.15, 0.2) is 0 Å². The summed E-state index contributed by atoms with van der Waals surface area (Å²) in [6.45, 7) is 1.75. The van der Waals surface area contributed by atoms with Crippen molar-refractivity contribution in [1.29, 1.82) is 0 Å². The summed E-state index contributed by atoms with van der Waals surface area (Å²) in [7, 11) is 3.14. The number of anilines is 1. The third-order valence-electron chi connectivity index (χ3n) is 4.30. The van der Waals surface area contributed by atoms with Crippen LogP contribution in [0.2, 0.25) is 0 Å². The maximum absolute atomic E-state index is 12.6. The van der Waals surface area contributed by atoms with E-state index in [4.69, 9.17) is 9.47 Å². The molecular weight excluding hydrogens is 304 g/mol. The number of benzene rings is 2. The Hall–Kier alpha value is -2.69. The van der Waals surface area contributed by atoms with Crippen LogP contribution in [0.15, 0.2) is 48.5 Å². The Balaban J connectivity index is 1.66. The molecule has 5 nitrogen and oxygen atoms in total. The number of para-hydroxylation sites is 1. The number of hydrogen-bond acceptors (Lipinski definition) is 4. The third kappa shape index (κ3) is 3.45. The van der Waals surface area contributed by atoms with Gasteiger partial charge in [0.25, 0.3) is 5.91 Å². The molecule has 1 N–H and O–H groups in total. The number of carbonyl (C=O) groups is 1. The van der Waals surface area contributed by atoms with E-state index in [2.05, 4.69) is 22.3 Å². The molecule has 1 saturated heterocycles. The summed E-state index contributed by atoms with van der Waals surface area (Å²) in [6.07, 6.45) is 0.930. The van der Waals surface area contributed by atoms with Crippen molar-refractivity contribution in [1.82, 2.24) is 5.32 Å². The average molecular weight is 326 g/mol. The van der Waals surface area contributed by atoms with Gasteiger partial charge in [-0.3, -0.25) is 4.79 Å². The van der Waals surface area contributed by atoms with Crippen LogP contribution in [-0.2, 0) is 0 Å². The Labute approximate surface area is 142 Å². The Bertz CT molecular complexity index is 703. The van der Waals surface area contributed by atoms with Crippen molar-refractivity contribution in [3.05, 3.63) is 54.1 Å². The molecule has 126 valence electrons. The smallest absolute Gasteiger partial charge is 0.255 e. The van der Waals surface area contributed by atoms with E-state index in [1.807, 2.05) is 18.2 Å². The van der Waals surface area contributed by atoms with E-state index in [9.17, 15) is 4.79 Å². The largest absolute Gasteiger partial charge is 0.497 e. The summed E-state index contributed by atoms with van der Waals surface area (Å²) in [4.78, 5) is 14.9. The zero-order valence-electron chi connectivity index (χ0n) is 14.0. The first-order valence-corrected chi connectivity index (χ1v) is 8.04. The molecule has 1 aliphatic rings. The topological polar surface area (TPSA) is 50.8 Å². The summed E-state index contributed by atoms with van der Waals surface area (Å²) in [6, 6.07) is 15.6. The van der Waals surface area contributed by atoms with Gasteiger partial charge >= 0.3 is 0 Å². The molecule has 0 radical (unpaired) electrons. The Morgan fingerprint density at radius 1 is 1.12 bits per heavy atom. The molecule has 0 saturated carbocycles. The lowest BCUT2D eigenvalue weighted by Gasteiger charge is -2.19. The van der Waals surface area contributed by atoms with Crippen LogP contribution in [0.5, 0.6) is 11.5 Å². The lowest BCUT2D eigenvalue weighted by Crippen LogP contribution is -2.37. The molecule has 0 aromatic heterocycles. The van der Waals surface area contributed by atoms with Gasteiger partial charge in [-0.05, 0) is 30.7 Å². The molecule has 0 bridgehead atoms. The maximum atomic E-state index is 12.6. The second kappa shape index (κ2) is 7.25. The molecule has 0 aliphatic carbocycles. The maximum Gasteiger partial charge on any atom is 0.255 e. The molecule has 1 unspecified atom stereocenters. The SMILES string of the molecule is COc1ccc(C(=O)NC2CCN(c3ccccc3)C2)c(OC)c1. The van der Waals surface area contributed by atoms with E-state index in [-0.39, 0.29) is 11.9 Å². The first-order valence-electron chi connectivity index (χ1n) is 8.04. The van der Waals surface area contributed by atoms with Crippen LogP contribution in [0.4, 0.5) is 5.69 Å². The number of ether oxygens (including phenoxy) is 2. The van der Waals surface area contributed by atoms with Crippen LogP contribution in [0, 0.1) is 0 Å². The molecule has 1 heterocycles. The number of nitrogens with one attached hydrogen (secondary N) is 1. The van der Waals surface area contributed by atoms with Crippen LogP contribution < -0.4 is 19.7 Å². The lowest BCUT2D eigenvalue weighted by molar-refractivity contribution is 0.0937. The number of amides is 1. The molecule has 2 aromatic carbocycles. The van der Waals surface area contributed by atoms with Crippen LogP contribution >= 0.6 is 0 Å². The minimum Gasteiger partial charge on any atom is -0.497 e. The van der Waals surface area contributed by atoms with Crippen LogP contribution in [-0.4, -0.2) is 39.3 Å². The molecule has 1 fully saturated rings. The highest BCUT2D eigenvalue weighted by molar-refractivity contribution is 5.97. The molecule has 24 heavy (non-hydrogen) atoms. The highest BCUT2D eigenvalue weighted by Crippen LogP contribution is 2.25. The molecule has 1 aliphatic heterocycles. The van der Waals surface area contributed by atoms with Crippen LogP contribution in [0.25, 0.3) is 0 Å². The van der Waals surface area contributed by atoms with Gasteiger partial charge in [0.2, 0.25) is 0 Å². The van der Waals surface area contributed by atoms with Gasteiger partial charge in [-0.15, -0.1) is 0 Å². The minimum absolute atomic E-state index is 0.116. The number of hydrogen-bond donors (Lipinski definition) is 1. The monoisotopic (exact) mass is 326 g/mol. The molecule has 3 rings (SSSR count). The lowest BCUT2D eigenvalue weighted by atomic mass is 10.1. The number of methoxy groups -OCH3 is 2. The Kier molecular flexibility index (Phi) is 4.89. The molecule has 1 atom stereocenters. The van der Waals surface area contributed by atoms with Crippen molar-refractivity contribution in [3.8, 4) is 11.5 Å². The summed E-state index contributed by atoms with van der Waals surface area (Å²) >= 11 is 0. The van der Waals surface area contributed by atoms with Crippen LogP contribution in [0.3, 0.4) is 0 Å². The fourth-order valence-electron chi connectivity index (χ4n) is 3.00. The molecule has 1 amide bonds. The molecule has 5 heteroatoms. The van der Waals surface area contributed by atoms with Crippen molar-refractivity contribution in [2.24, 2.45) is 0 Å². The van der Waals surface area contributed by atoms with E-state index in [1.54, 1.807) is 32.4 Å². The van der Waals surface area contributed by atoms with Crippen LogP contribution in [0.1, 0.15) is 16.8 Å². The normalized spacial score (nSPS) is 16.8. The quantitative estimate of drug-likeness (QED) is 0.918. The van der Waals surface area contributed by atoms with Gasteiger partial charge in [-0.25, -0.2) is 0 Å². The van der Waals surface area contributed by atoms with Gasteiger partial charge in [-0.2, -0.15) is 0 Å². The van der Waals surface area contributed by atoms with E-state index in [1.165, 1.54) is 5.69 Å². The van der Waals surface area contributed by atoms with Gasteiger partial charge in [0.1, 0.15) is 11.5 Å². The summed E-state index contributed by atoms with van der Waals surface area (Å²) in [5, 5.41) is 3.11. The summed E-state index contributed by atoms with van der Waals surface area (Å²) in [5.41, 5.74) is 1.72. The predicted molar refractivity (Wildman–Crippen MR) is 94.1 cm³/mol. The second-order valence-electron chi connectivity index (χ2n) is 5.81. The van der Waals surface area contributed by atoms with E-state index >= 15 is 0 Å². The van der Waals surface area contributed by atoms with Gasteiger partial charge in [0.05, 0.1) is 19.8 Å². The van der Waals surface area contributed by atoms with Crippen molar-refractivity contribution in [3.63, 3.8) is 0 Å². The van der Waals surface area contributed by atoms with Crippen molar-refractivity contribution in [2.75, 3.05) is 32.2 Å². The van der Waals surface area contributed by atoms with Gasteiger partial charge in [0, 0.05) is 30.9 Å². The van der Waals surface area contributed by atoms with Gasteiger partial charge < -0.3 is 19.7 Å². The van der Waals surface area contributed by atoms with Crippen molar-refractivity contribution in [2.45, 2.75) is 12.5 Å².